The highest BCUT2D eigenvalue weighted by molar-refractivity contribution is 5.82. The summed E-state index contributed by atoms with van der Waals surface area (Å²) in [4.78, 5) is 26.9. The van der Waals surface area contributed by atoms with Crippen molar-refractivity contribution in [1.29, 1.82) is 0 Å². The van der Waals surface area contributed by atoms with Gasteiger partial charge in [0.25, 0.3) is 0 Å². The van der Waals surface area contributed by atoms with Crippen LogP contribution < -0.4 is 0 Å². The number of hydrogen-bond acceptors (Lipinski definition) is 2. The van der Waals surface area contributed by atoms with Gasteiger partial charge in [-0.15, -0.1) is 0 Å². The molecule has 1 heterocycles. The highest BCUT2D eigenvalue weighted by Crippen LogP contribution is 2.20. The molecule has 0 spiro atoms. The number of benzene rings is 1. The number of carboxylic acid groups (broad SMARTS) is 1. The lowest BCUT2D eigenvalue weighted by Gasteiger charge is -2.35. The van der Waals surface area contributed by atoms with Crippen molar-refractivity contribution >= 4 is 12.0 Å². The summed E-state index contributed by atoms with van der Waals surface area (Å²) in [7, 11) is 1.72. The minimum absolute atomic E-state index is 0.203. The Morgan fingerprint density at radius 3 is 2.71 bits per heavy atom. The lowest BCUT2D eigenvalue weighted by Crippen LogP contribution is -2.52. The monoisotopic (exact) mass is 290 g/mol. The second-order valence-corrected chi connectivity index (χ2v) is 5.61. The van der Waals surface area contributed by atoms with E-state index >= 15 is 0 Å². The third kappa shape index (κ3) is 3.54. The average Bonchev–Trinajstić information content (AvgIpc) is 2.48. The van der Waals surface area contributed by atoms with Crippen LogP contribution in [0, 0.1) is 6.92 Å². The maximum absolute atomic E-state index is 12.5. The molecule has 0 aliphatic carbocycles. The average molecular weight is 290 g/mol. The van der Waals surface area contributed by atoms with Crippen molar-refractivity contribution in [2.75, 3.05) is 13.6 Å². The molecule has 0 saturated carbocycles. The number of likely N-dealkylation sites (tertiary alicyclic amines) is 1. The normalized spacial score (nSPS) is 18.4. The second-order valence-electron chi connectivity index (χ2n) is 5.61. The van der Waals surface area contributed by atoms with Gasteiger partial charge in [0.05, 0.1) is 0 Å². The third-order valence-corrected chi connectivity index (χ3v) is 4.03. The minimum atomic E-state index is -0.910. The van der Waals surface area contributed by atoms with Gasteiger partial charge >= 0.3 is 12.0 Å². The summed E-state index contributed by atoms with van der Waals surface area (Å²) in [6.45, 7) is 3.02. The van der Waals surface area contributed by atoms with E-state index in [1.165, 1.54) is 4.90 Å². The number of carbonyl (C=O) groups is 2. The molecule has 0 bridgehead atoms. The van der Waals surface area contributed by atoms with E-state index in [0.717, 1.165) is 24.0 Å². The van der Waals surface area contributed by atoms with Gasteiger partial charge in [-0.1, -0.05) is 24.3 Å². The summed E-state index contributed by atoms with van der Waals surface area (Å²) in [6.07, 6.45) is 2.27. The van der Waals surface area contributed by atoms with Crippen LogP contribution in [0.2, 0.25) is 0 Å². The van der Waals surface area contributed by atoms with Crippen LogP contribution in [0.15, 0.2) is 24.3 Å². The number of hydrogen-bond donors (Lipinski definition) is 1. The first-order valence-electron chi connectivity index (χ1n) is 7.29. The standard InChI is InChI=1S/C16H22N2O3/c1-12-7-3-4-8-13(12)11-17(2)16(21)18-10-6-5-9-14(18)15(19)20/h3-4,7-8,14H,5-6,9-11H2,1-2H3,(H,19,20). The molecule has 114 valence electrons. The lowest BCUT2D eigenvalue weighted by atomic mass is 10.0. The summed E-state index contributed by atoms with van der Waals surface area (Å²) in [5.74, 6) is -0.910. The number of piperidine rings is 1. The molecular formula is C16H22N2O3. The van der Waals surface area contributed by atoms with Crippen LogP contribution in [0.5, 0.6) is 0 Å². The molecule has 1 fully saturated rings. The Balaban J connectivity index is 2.07. The summed E-state index contributed by atoms with van der Waals surface area (Å²) >= 11 is 0. The Hall–Kier alpha value is -2.04. The fourth-order valence-electron chi connectivity index (χ4n) is 2.75. The first kappa shape index (κ1) is 15.4. The number of rotatable bonds is 3. The quantitative estimate of drug-likeness (QED) is 0.930. The number of aryl methyl sites for hydroxylation is 1. The Labute approximate surface area is 125 Å². The van der Waals surface area contributed by atoms with Crippen molar-refractivity contribution in [3.63, 3.8) is 0 Å². The minimum Gasteiger partial charge on any atom is -0.480 e. The molecule has 1 aromatic carbocycles. The predicted octanol–water partition coefficient (Wildman–Crippen LogP) is 2.49. The zero-order chi connectivity index (χ0) is 15.4. The fraction of sp³-hybridized carbons (Fsp3) is 0.500. The van der Waals surface area contributed by atoms with Crippen molar-refractivity contribution in [1.82, 2.24) is 9.80 Å². The molecule has 1 aromatic rings. The largest absolute Gasteiger partial charge is 0.480 e. The van der Waals surface area contributed by atoms with E-state index in [1.54, 1.807) is 11.9 Å². The van der Waals surface area contributed by atoms with Crippen molar-refractivity contribution in [3.8, 4) is 0 Å². The van der Waals surface area contributed by atoms with Crippen molar-refractivity contribution in [2.24, 2.45) is 0 Å². The third-order valence-electron chi connectivity index (χ3n) is 4.03. The van der Waals surface area contributed by atoms with Gasteiger partial charge in [0.1, 0.15) is 6.04 Å². The van der Waals surface area contributed by atoms with Gasteiger partial charge in [-0.3, -0.25) is 0 Å². The van der Waals surface area contributed by atoms with Crippen molar-refractivity contribution in [3.05, 3.63) is 35.4 Å². The number of carbonyl (C=O) groups excluding carboxylic acids is 1. The van der Waals surface area contributed by atoms with Crippen LogP contribution in [-0.2, 0) is 11.3 Å². The maximum Gasteiger partial charge on any atom is 0.326 e. The van der Waals surface area contributed by atoms with E-state index in [4.69, 9.17) is 0 Å². The first-order valence-corrected chi connectivity index (χ1v) is 7.29. The van der Waals surface area contributed by atoms with Crippen LogP contribution in [0.3, 0.4) is 0 Å². The first-order chi connectivity index (χ1) is 10.0. The van der Waals surface area contributed by atoms with Gasteiger partial charge < -0.3 is 14.9 Å². The van der Waals surface area contributed by atoms with Crippen molar-refractivity contribution in [2.45, 2.75) is 38.8 Å². The van der Waals surface area contributed by atoms with Gasteiger partial charge in [0.15, 0.2) is 0 Å². The molecule has 2 amide bonds. The number of urea groups is 1. The molecule has 1 N–H and O–H groups in total. The van der Waals surface area contributed by atoms with E-state index in [1.807, 2.05) is 31.2 Å². The van der Waals surface area contributed by atoms with E-state index in [0.29, 0.717) is 19.5 Å². The van der Waals surface area contributed by atoms with Crippen LogP contribution in [0.25, 0.3) is 0 Å². The van der Waals surface area contributed by atoms with Gasteiger partial charge in [0, 0.05) is 20.1 Å². The van der Waals surface area contributed by atoms with E-state index < -0.39 is 12.0 Å². The Bertz CT molecular complexity index is 530. The zero-order valence-corrected chi connectivity index (χ0v) is 12.6. The van der Waals surface area contributed by atoms with Crippen LogP contribution >= 0.6 is 0 Å². The molecule has 1 aliphatic rings. The van der Waals surface area contributed by atoms with E-state index in [-0.39, 0.29) is 6.03 Å². The fourth-order valence-corrected chi connectivity index (χ4v) is 2.75. The number of carboxylic acids is 1. The molecule has 0 aromatic heterocycles. The van der Waals surface area contributed by atoms with Crippen LogP contribution in [0.1, 0.15) is 30.4 Å². The molecule has 5 heteroatoms. The van der Waals surface area contributed by atoms with E-state index in [2.05, 4.69) is 0 Å². The van der Waals surface area contributed by atoms with Crippen LogP contribution in [-0.4, -0.2) is 46.5 Å². The Morgan fingerprint density at radius 2 is 2.05 bits per heavy atom. The number of nitrogens with zero attached hydrogens (tertiary/aromatic N) is 2. The molecule has 0 radical (unpaired) electrons. The van der Waals surface area contributed by atoms with Crippen molar-refractivity contribution < 1.29 is 14.7 Å². The van der Waals surface area contributed by atoms with Gasteiger partial charge in [-0.05, 0) is 37.3 Å². The molecule has 1 unspecified atom stereocenters. The van der Waals surface area contributed by atoms with Gasteiger partial charge in [-0.2, -0.15) is 0 Å². The molecular weight excluding hydrogens is 268 g/mol. The van der Waals surface area contributed by atoms with Gasteiger partial charge in [0.2, 0.25) is 0 Å². The molecule has 2 rings (SSSR count). The summed E-state index contributed by atoms with van der Waals surface area (Å²) < 4.78 is 0. The van der Waals surface area contributed by atoms with E-state index in [9.17, 15) is 14.7 Å². The summed E-state index contributed by atoms with van der Waals surface area (Å²) in [6, 6.07) is 7.02. The smallest absolute Gasteiger partial charge is 0.326 e. The SMILES string of the molecule is Cc1ccccc1CN(C)C(=O)N1CCCCC1C(=O)O. The molecule has 21 heavy (non-hydrogen) atoms. The molecule has 1 aliphatic heterocycles. The lowest BCUT2D eigenvalue weighted by molar-refractivity contribution is -0.143. The zero-order valence-electron chi connectivity index (χ0n) is 12.6. The molecule has 5 nitrogen and oxygen atoms in total. The highest BCUT2D eigenvalue weighted by Gasteiger charge is 2.33. The summed E-state index contributed by atoms with van der Waals surface area (Å²) in [5.41, 5.74) is 2.21. The summed E-state index contributed by atoms with van der Waals surface area (Å²) in [5, 5.41) is 9.26. The Kier molecular flexibility index (Phi) is 4.83. The number of aliphatic carboxylic acids is 1. The topological polar surface area (TPSA) is 60.9 Å². The predicted molar refractivity (Wildman–Crippen MR) is 80.0 cm³/mol. The van der Waals surface area contributed by atoms with Crippen LogP contribution in [0.4, 0.5) is 4.79 Å². The highest BCUT2D eigenvalue weighted by atomic mass is 16.4. The maximum atomic E-state index is 12.5. The molecule has 1 saturated heterocycles. The Morgan fingerprint density at radius 1 is 1.33 bits per heavy atom. The molecule has 1 atom stereocenters. The van der Waals surface area contributed by atoms with Gasteiger partial charge in [-0.25, -0.2) is 9.59 Å². The number of amides is 2. The second kappa shape index (κ2) is 6.61.